The van der Waals surface area contributed by atoms with Gasteiger partial charge in [-0.25, -0.2) is 4.98 Å². The Morgan fingerprint density at radius 1 is 1.36 bits per heavy atom. The van der Waals surface area contributed by atoms with Crippen LogP contribution in [0.1, 0.15) is 5.69 Å². The Kier molecular flexibility index (Phi) is 1.34. The molecule has 0 saturated carbocycles. The van der Waals surface area contributed by atoms with Crippen LogP contribution >= 0.6 is 11.3 Å². The monoisotopic (exact) mass is 160 g/mol. The molecule has 0 fully saturated rings. The maximum atomic E-state index is 8.53. The van der Waals surface area contributed by atoms with E-state index in [2.05, 4.69) is 4.98 Å². The van der Waals surface area contributed by atoms with Crippen LogP contribution < -0.4 is 0 Å². The van der Waals surface area contributed by atoms with Crippen molar-refractivity contribution >= 4 is 21.6 Å². The Hall–Kier alpha value is -1.40. The van der Waals surface area contributed by atoms with E-state index in [-0.39, 0.29) is 0 Å². The number of aromatic nitrogens is 1. The summed E-state index contributed by atoms with van der Waals surface area (Å²) in [7, 11) is 0. The highest BCUT2D eigenvalue weighted by Gasteiger charge is 1.96. The predicted molar refractivity (Wildman–Crippen MR) is 44.3 cm³/mol. The van der Waals surface area contributed by atoms with Crippen LogP contribution in [0.15, 0.2) is 23.6 Å². The number of nitrogens with zero attached hydrogens (tertiary/aromatic N) is 2. The van der Waals surface area contributed by atoms with Gasteiger partial charge in [-0.05, 0) is 23.6 Å². The highest BCUT2D eigenvalue weighted by molar-refractivity contribution is 7.17. The van der Waals surface area contributed by atoms with Crippen LogP contribution in [0.2, 0.25) is 0 Å². The molecule has 0 bridgehead atoms. The van der Waals surface area contributed by atoms with Crippen molar-refractivity contribution in [1.82, 2.24) is 4.98 Å². The van der Waals surface area contributed by atoms with Gasteiger partial charge in [0.2, 0.25) is 0 Å². The standard InChI is InChI=1S/C8H4N2S/c9-5-6-1-2-8-7(10-6)3-4-11-8/h1-4H. The second-order valence-corrected chi connectivity index (χ2v) is 3.06. The van der Waals surface area contributed by atoms with Crippen LogP contribution in [0.3, 0.4) is 0 Å². The maximum Gasteiger partial charge on any atom is 0.141 e. The first-order valence-electron chi connectivity index (χ1n) is 3.14. The summed E-state index contributed by atoms with van der Waals surface area (Å²) in [5.74, 6) is 0. The summed E-state index contributed by atoms with van der Waals surface area (Å²) < 4.78 is 1.13. The van der Waals surface area contributed by atoms with E-state index >= 15 is 0 Å². The van der Waals surface area contributed by atoms with Gasteiger partial charge >= 0.3 is 0 Å². The van der Waals surface area contributed by atoms with Crippen molar-refractivity contribution in [3.05, 3.63) is 29.3 Å². The van der Waals surface area contributed by atoms with Gasteiger partial charge in [-0.2, -0.15) is 5.26 Å². The lowest BCUT2D eigenvalue weighted by atomic mass is 10.3. The molecule has 0 unspecified atom stereocenters. The topological polar surface area (TPSA) is 36.7 Å². The molecule has 0 spiro atoms. The maximum absolute atomic E-state index is 8.53. The average Bonchev–Trinajstić information content (AvgIpc) is 2.50. The number of rotatable bonds is 0. The van der Waals surface area contributed by atoms with Crippen molar-refractivity contribution in [3.63, 3.8) is 0 Å². The van der Waals surface area contributed by atoms with E-state index in [0.717, 1.165) is 10.2 Å². The molecule has 2 rings (SSSR count). The second-order valence-electron chi connectivity index (χ2n) is 2.11. The van der Waals surface area contributed by atoms with Crippen molar-refractivity contribution in [2.24, 2.45) is 0 Å². The number of hydrogen-bond acceptors (Lipinski definition) is 3. The molecule has 0 atom stereocenters. The van der Waals surface area contributed by atoms with Gasteiger partial charge in [0.1, 0.15) is 11.8 Å². The van der Waals surface area contributed by atoms with Crippen LogP contribution in [0.5, 0.6) is 0 Å². The van der Waals surface area contributed by atoms with E-state index in [0.29, 0.717) is 5.69 Å². The molecule has 0 radical (unpaired) electrons. The third-order valence-electron chi connectivity index (χ3n) is 1.42. The first kappa shape index (κ1) is 6.32. The summed E-state index contributed by atoms with van der Waals surface area (Å²) in [5.41, 5.74) is 1.39. The Bertz CT molecular complexity index is 425. The van der Waals surface area contributed by atoms with E-state index in [1.54, 1.807) is 17.4 Å². The molecule has 52 valence electrons. The SMILES string of the molecule is N#Cc1ccc2sccc2n1. The zero-order valence-corrected chi connectivity index (χ0v) is 6.43. The minimum atomic E-state index is 0.482. The second kappa shape index (κ2) is 2.33. The van der Waals surface area contributed by atoms with Gasteiger partial charge in [-0.3, -0.25) is 0 Å². The largest absolute Gasteiger partial charge is 0.236 e. The van der Waals surface area contributed by atoms with Crippen molar-refractivity contribution < 1.29 is 0 Å². The Labute approximate surface area is 67.7 Å². The third kappa shape index (κ3) is 0.975. The van der Waals surface area contributed by atoms with Gasteiger partial charge < -0.3 is 0 Å². The minimum absolute atomic E-state index is 0.482. The minimum Gasteiger partial charge on any atom is -0.236 e. The van der Waals surface area contributed by atoms with E-state index in [1.807, 2.05) is 23.6 Å². The molecule has 2 aromatic rings. The summed E-state index contributed by atoms with van der Waals surface area (Å²) in [6, 6.07) is 7.58. The molecule has 0 aliphatic rings. The number of nitriles is 1. The fourth-order valence-corrected chi connectivity index (χ4v) is 1.64. The number of thiophene rings is 1. The van der Waals surface area contributed by atoms with Gasteiger partial charge in [-0.15, -0.1) is 11.3 Å². The fraction of sp³-hybridized carbons (Fsp3) is 0. The summed E-state index contributed by atoms with van der Waals surface area (Å²) in [4.78, 5) is 4.10. The third-order valence-corrected chi connectivity index (χ3v) is 2.29. The van der Waals surface area contributed by atoms with Gasteiger partial charge in [0, 0.05) is 0 Å². The van der Waals surface area contributed by atoms with Crippen molar-refractivity contribution in [2.45, 2.75) is 0 Å². The van der Waals surface area contributed by atoms with Gasteiger partial charge in [-0.1, -0.05) is 0 Å². The molecule has 0 N–H and O–H groups in total. The van der Waals surface area contributed by atoms with Crippen LogP contribution in [0, 0.1) is 11.3 Å². The lowest BCUT2D eigenvalue weighted by molar-refractivity contribution is 1.33. The lowest BCUT2D eigenvalue weighted by Crippen LogP contribution is -1.78. The molecule has 11 heavy (non-hydrogen) atoms. The molecule has 0 amide bonds. The molecule has 2 nitrogen and oxygen atoms in total. The fourth-order valence-electron chi connectivity index (χ4n) is 0.915. The first-order valence-corrected chi connectivity index (χ1v) is 4.02. The van der Waals surface area contributed by atoms with Crippen LogP contribution in [0.4, 0.5) is 0 Å². The van der Waals surface area contributed by atoms with E-state index < -0.39 is 0 Å². The van der Waals surface area contributed by atoms with Gasteiger partial charge in [0.05, 0.1) is 10.2 Å². The molecule has 3 heteroatoms. The molecule has 0 saturated heterocycles. The zero-order valence-electron chi connectivity index (χ0n) is 5.61. The summed E-state index contributed by atoms with van der Waals surface area (Å²) in [6.07, 6.45) is 0. The normalized spacial score (nSPS) is 9.73. The number of pyridine rings is 1. The van der Waals surface area contributed by atoms with Crippen LogP contribution in [0.25, 0.3) is 10.2 Å². The van der Waals surface area contributed by atoms with E-state index in [9.17, 15) is 0 Å². The molecule has 2 heterocycles. The Balaban J connectivity index is 2.79. The molecule has 2 aromatic heterocycles. The van der Waals surface area contributed by atoms with Crippen LogP contribution in [-0.2, 0) is 0 Å². The Morgan fingerprint density at radius 3 is 3.09 bits per heavy atom. The predicted octanol–water partition coefficient (Wildman–Crippen LogP) is 2.17. The van der Waals surface area contributed by atoms with E-state index in [4.69, 9.17) is 5.26 Å². The summed E-state index contributed by atoms with van der Waals surface area (Å²) >= 11 is 1.63. The molecule has 0 aliphatic heterocycles. The van der Waals surface area contributed by atoms with Gasteiger partial charge in [0.25, 0.3) is 0 Å². The van der Waals surface area contributed by atoms with Crippen molar-refractivity contribution in [1.29, 1.82) is 5.26 Å². The zero-order chi connectivity index (χ0) is 7.68. The average molecular weight is 160 g/mol. The molecular weight excluding hydrogens is 156 g/mol. The molecule has 0 aliphatic carbocycles. The summed E-state index contributed by atoms with van der Waals surface area (Å²) in [6.45, 7) is 0. The van der Waals surface area contributed by atoms with Crippen molar-refractivity contribution in [3.8, 4) is 6.07 Å². The summed E-state index contributed by atoms with van der Waals surface area (Å²) in [5, 5.41) is 10.5. The highest BCUT2D eigenvalue weighted by atomic mass is 32.1. The van der Waals surface area contributed by atoms with Crippen molar-refractivity contribution in [2.75, 3.05) is 0 Å². The lowest BCUT2D eigenvalue weighted by Gasteiger charge is -1.87. The number of hydrogen-bond donors (Lipinski definition) is 0. The first-order chi connectivity index (χ1) is 5.40. The van der Waals surface area contributed by atoms with Gasteiger partial charge in [0.15, 0.2) is 0 Å². The smallest absolute Gasteiger partial charge is 0.141 e. The Morgan fingerprint density at radius 2 is 2.27 bits per heavy atom. The molecular formula is C8H4N2S. The quantitative estimate of drug-likeness (QED) is 0.592. The molecule has 0 aromatic carbocycles. The highest BCUT2D eigenvalue weighted by Crippen LogP contribution is 2.18. The van der Waals surface area contributed by atoms with Crippen LogP contribution in [-0.4, -0.2) is 4.98 Å². The van der Waals surface area contributed by atoms with E-state index in [1.165, 1.54) is 0 Å². The number of fused-ring (bicyclic) bond motifs is 1.